The Hall–Kier alpha value is -3.04. The zero-order valence-corrected chi connectivity index (χ0v) is 12.2. The Bertz CT molecular complexity index is 852. The fourth-order valence-electron chi connectivity index (χ4n) is 1.92. The van der Waals surface area contributed by atoms with Crippen molar-refractivity contribution in [2.75, 3.05) is 5.32 Å². The van der Waals surface area contributed by atoms with Crippen LogP contribution in [0, 0.1) is 11.3 Å². The van der Waals surface area contributed by atoms with Gasteiger partial charge in [-0.25, -0.2) is 0 Å². The van der Waals surface area contributed by atoms with Crippen LogP contribution in [0.3, 0.4) is 0 Å². The first kappa shape index (κ1) is 13.9. The standard InChI is InChI=1S/C16H10N4OS/c17-10-12-8-4-5-9-13(12)15(21)19-16-18-14(20-22-16)11-6-2-1-3-7-11/h1-9H,(H,18,19,20,21). The quantitative estimate of drug-likeness (QED) is 0.805. The number of benzene rings is 2. The summed E-state index contributed by atoms with van der Waals surface area (Å²) in [5.74, 6) is 0.197. The minimum atomic E-state index is -0.368. The van der Waals surface area contributed by atoms with Gasteiger partial charge in [-0.05, 0) is 12.1 Å². The normalized spacial score (nSPS) is 9.95. The number of rotatable bonds is 3. The van der Waals surface area contributed by atoms with Crippen LogP contribution in [0.2, 0.25) is 0 Å². The van der Waals surface area contributed by atoms with Gasteiger partial charge >= 0.3 is 0 Å². The van der Waals surface area contributed by atoms with Gasteiger partial charge in [-0.3, -0.25) is 10.1 Å². The molecule has 1 N–H and O–H groups in total. The van der Waals surface area contributed by atoms with Crippen molar-refractivity contribution in [1.82, 2.24) is 9.36 Å². The van der Waals surface area contributed by atoms with Crippen molar-refractivity contribution in [1.29, 1.82) is 5.26 Å². The van der Waals surface area contributed by atoms with Crippen LogP contribution >= 0.6 is 11.5 Å². The van der Waals surface area contributed by atoms with Crippen LogP contribution in [-0.2, 0) is 0 Å². The molecule has 0 saturated carbocycles. The topological polar surface area (TPSA) is 78.7 Å². The largest absolute Gasteiger partial charge is 0.297 e. The van der Waals surface area contributed by atoms with E-state index in [2.05, 4.69) is 14.7 Å². The molecule has 3 aromatic rings. The van der Waals surface area contributed by atoms with Crippen molar-refractivity contribution in [3.8, 4) is 17.5 Å². The van der Waals surface area contributed by atoms with Crippen molar-refractivity contribution in [2.45, 2.75) is 0 Å². The van der Waals surface area contributed by atoms with E-state index in [-0.39, 0.29) is 5.91 Å². The Kier molecular flexibility index (Phi) is 3.90. The monoisotopic (exact) mass is 306 g/mol. The summed E-state index contributed by atoms with van der Waals surface area (Å²) >= 11 is 1.10. The molecule has 0 atom stereocenters. The third-order valence-electron chi connectivity index (χ3n) is 2.97. The number of nitrogens with one attached hydrogen (secondary N) is 1. The van der Waals surface area contributed by atoms with E-state index in [1.165, 1.54) is 0 Å². The number of amides is 1. The van der Waals surface area contributed by atoms with Crippen LogP contribution in [0.15, 0.2) is 54.6 Å². The maximum absolute atomic E-state index is 12.2. The molecule has 106 valence electrons. The van der Waals surface area contributed by atoms with Gasteiger partial charge in [0.25, 0.3) is 5.91 Å². The number of hydrogen-bond acceptors (Lipinski definition) is 5. The molecule has 1 heterocycles. The van der Waals surface area contributed by atoms with Gasteiger partial charge in [0.2, 0.25) is 5.13 Å². The Morgan fingerprint density at radius 2 is 1.82 bits per heavy atom. The molecular formula is C16H10N4OS. The summed E-state index contributed by atoms with van der Waals surface area (Å²) in [5.41, 5.74) is 1.53. The number of anilines is 1. The van der Waals surface area contributed by atoms with Crippen LogP contribution in [-0.4, -0.2) is 15.3 Å². The summed E-state index contributed by atoms with van der Waals surface area (Å²) in [6.07, 6.45) is 0. The smallest absolute Gasteiger partial charge is 0.258 e. The third-order valence-corrected chi connectivity index (χ3v) is 3.60. The van der Waals surface area contributed by atoms with Gasteiger partial charge in [0.1, 0.15) is 0 Å². The first-order chi connectivity index (χ1) is 10.8. The van der Waals surface area contributed by atoms with E-state index >= 15 is 0 Å². The molecule has 2 aromatic carbocycles. The van der Waals surface area contributed by atoms with Crippen molar-refractivity contribution >= 4 is 22.6 Å². The highest BCUT2D eigenvalue weighted by Gasteiger charge is 2.13. The zero-order valence-electron chi connectivity index (χ0n) is 11.4. The first-order valence-corrected chi connectivity index (χ1v) is 7.25. The summed E-state index contributed by atoms with van der Waals surface area (Å²) in [6.45, 7) is 0. The molecule has 0 radical (unpaired) electrons. The molecule has 0 unspecified atom stereocenters. The Morgan fingerprint density at radius 1 is 1.09 bits per heavy atom. The van der Waals surface area contributed by atoms with Crippen LogP contribution in [0.1, 0.15) is 15.9 Å². The number of nitrogens with zero attached hydrogens (tertiary/aromatic N) is 3. The average molecular weight is 306 g/mol. The van der Waals surface area contributed by atoms with E-state index in [1.54, 1.807) is 24.3 Å². The minimum absolute atomic E-state index is 0.321. The van der Waals surface area contributed by atoms with Crippen molar-refractivity contribution < 1.29 is 4.79 Å². The van der Waals surface area contributed by atoms with Crippen molar-refractivity contribution in [3.05, 3.63) is 65.7 Å². The van der Waals surface area contributed by atoms with Crippen LogP contribution in [0.4, 0.5) is 5.13 Å². The van der Waals surface area contributed by atoms with Gasteiger partial charge in [0.15, 0.2) is 5.82 Å². The lowest BCUT2D eigenvalue weighted by molar-refractivity contribution is 0.102. The molecule has 0 saturated heterocycles. The molecule has 1 aromatic heterocycles. The first-order valence-electron chi connectivity index (χ1n) is 6.47. The van der Waals surface area contributed by atoms with E-state index in [1.807, 2.05) is 36.4 Å². The second-order valence-corrected chi connectivity index (χ2v) is 5.15. The average Bonchev–Trinajstić information content (AvgIpc) is 3.04. The summed E-state index contributed by atoms with van der Waals surface area (Å²) in [5, 5.41) is 12.1. The van der Waals surface area contributed by atoms with Crippen LogP contribution in [0.5, 0.6) is 0 Å². The molecule has 0 aliphatic rings. The van der Waals surface area contributed by atoms with Crippen LogP contribution in [0.25, 0.3) is 11.4 Å². The summed E-state index contributed by atoms with van der Waals surface area (Å²) in [7, 11) is 0. The summed E-state index contributed by atoms with van der Waals surface area (Å²) in [6, 6.07) is 18.2. The van der Waals surface area contributed by atoms with Gasteiger partial charge in [0.05, 0.1) is 17.2 Å². The SMILES string of the molecule is N#Cc1ccccc1C(=O)Nc1nc(-c2ccccc2)ns1. The van der Waals surface area contributed by atoms with E-state index in [4.69, 9.17) is 5.26 Å². The zero-order chi connectivity index (χ0) is 15.4. The third kappa shape index (κ3) is 2.85. The maximum Gasteiger partial charge on any atom is 0.258 e. The van der Waals surface area contributed by atoms with Gasteiger partial charge < -0.3 is 0 Å². The molecule has 0 aliphatic carbocycles. The maximum atomic E-state index is 12.2. The second kappa shape index (κ2) is 6.16. The summed E-state index contributed by atoms with van der Waals surface area (Å²) < 4.78 is 4.23. The molecular weight excluding hydrogens is 296 g/mol. The fraction of sp³-hybridized carbons (Fsp3) is 0. The molecule has 5 nitrogen and oxygen atoms in total. The van der Waals surface area contributed by atoms with Crippen LogP contribution < -0.4 is 5.32 Å². The Labute approximate surface area is 131 Å². The number of aromatic nitrogens is 2. The highest BCUT2D eigenvalue weighted by molar-refractivity contribution is 7.10. The molecule has 22 heavy (non-hydrogen) atoms. The predicted octanol–water partition coefficient (Wildman–Crippen LogP) is 3.33. The molecule has 0 spiro atoms. The fourth-order valence-corrected chi connectivity index (χ4v) is 2.51. The Morgan fingerprint density at radius 3 is 2.59 bits per heavy atom. The van der Waals surface area contributed by atoms with E-state index < -0.39 is 0 Å². The molecule has 1 amide bonds. The Balaban J connectivity index is 1.81. The van der Waals surface area contributed by atoms with Gasteiger partial charge in [-0.1, -0.05) is 42.5 Å². The van der Waals surface area contributed by atoms with E-state index in [0.29, 0.717) is 22.1 Å². The molecule has 6 heteroatoms. The summed E-state index contributed by atoms with van der Waals surface area (Å²) in [4.78, 5) is 16.5. The van der Waals surface area contributed by atoms with E-state index in [0.717, 1.165) is 17.1 Å². The molecule has 0 bridgehead atoms. The lowest BCUT2D eigenvalue weighted by atomic mass is 10.1. The molecule has 0 aliphatic heterocycles. The minimum Gasteiger partial charge on any atom is -0.297 e. The number of nitriles is 1. The number of carbonyl (C=O) groups is 1. The highest BCUT2D eigenvalue weighted by Crippen LogP contribution is 2.21. The number of hydrogen-bond donors (Lipinski definition) is 1. The lowest BCUT2D eigenvalue weighted by Gasteiger charge is -2.02. The second-order valence-electron chi connectivity index (χ2n) is 4.40. The van der Waals surface area contributed by atoms with Gasteiger partial charge in [-0.15, -0.1) is 0 Å². The van der Waals surface area contributed by atoms with E-state index in [9.17, 15) is 4.79 Å². The lowest BCUT2D eigenvalue weighted by Crippen LogP contribution is -2.13. The molecule has 3 rings (SSSR count). The van der Waals surface area contributed by atoms with Crippen molar-refractivity contribution in [2.24, 2.45) is 0 Å². The predicted molar refractivity (Wildman–Crippen MR) is 84.5 cm³/mol. The highest BCUT2D eigenvalue weighted by atomic mass is 32.1. The number of carbonyl (C=O) groups excluding carboxylic acids is 1. The van der Waals surface area contributed by atoms with Gasteiger partial charge in [0, 0.05) is 17.1 Å². The van der Waals surface area contributed by atoms with Gasteiger partial charge in [-0.2, -0.15) is 14.6 Å². The molecule has 0 fully saturated rings. The van der Waals surface area contributed by atoms with Crippen molar-refractivity contribution in [3.63, 3.8) is 0 Å².